The second-order valence-corrected chi connectivity index (χ2v) is 7.13. The van der Waals surface area contributed by atoms with E-state index in [9.17, 15) is 14.4 Å². The van der Waals surface area contributed by atoms with Crippen molar-refractivity contribution in [1.82, 2.24) is 15.2 Å². The number of urea groups is 1. The lowest BCUT2D eigenvalue weighted by Gasteiger charge is -2.21. The van der Waals surface area contributed by atoms with Gasteiger partial charge >= 0.3 is 6.03 Å². The molecule has 3 N–H and O–H groups in total. The van der Waals surface area contributed by atoms with Gasteiger partial charge in [0.1, 0.15) is 12.1 Å². The number of fused-ring (bicyclic) bond motifs is 1. The molecular weight excluding hydrogens is 382 g/mol. The fourth-order valence-corrected chi connectivity index (χ4v) is 3.60. The van der Waals surface area contributed by atoms with Gasteiger partial charge in [-0.3, -0.25) is 14.5 Å². The number of nitrogens with one attached hydrogen (secondary N) is 3. The van der Waals surface area contributed by atoms with E-state index in [1.54, 1.807) is 18.2 Å². The highest BCUT2D eigenvalue weighted by Crippen LogP contribution is 2.22. The van der Waals surface area contributed by atoms with Gasteiger partial charge in [-0.2, -0.15) is 5.26 Å². The van der Waals surface area contributed by atoms with Crippen molar-refractivity contribution in [3.8, 4) is 6.07 Å². The normalized spacial score (nSPS) is 16.9. The monoisotopic (exact) mass is 401 g/mol. The van der Waals surface area contributed by atoms with Gasteiger partial charge in [-0.1, -0.05) is 24.3 Å². The lowest BCUT2D eigenvalue weighted by molar-refractivity contribution is -0.133. The molecule has 0 unspecified atom stereocenters. The lowest BCUT2D eigenvalue weighted by atomic mass is 10.0. The number of amides is 4. The van der Waals surface area contributed by atoms with Gasteiger partial charge in [0.2, 0.25) is 5.91 Å². The summed E-state index contributed by atoms with van der Waals surface area (Å²) in [6, 6.07) is 13.8. The second-order valence-electron chi connectivity index (χ2n) is 7.13. The minimum Gasteiger partial charge on any atom is -0.361 e. The third kappa shape index (κ3) is 3.49. The van der Waals surface area contributed by atoms with Gasteiger partial charge < -0.3 is 15.6 Å². The van der Waals surface area contributed by atoms with E-state index in [0.717, 1.165) is 21.4 Å². The molecule has 1 aromatic heterocycles. The molecule has 30 heavy (non-hydrogen) atoms. The zero-order chi connectivity index (χ0) is 21.3. The standard InChI is InChI=1S/C22H19N5O3/c1-13(20(28)25-16-6-4-5-14(9-16)11-23)27-21(29)19(26-22(27)30)10-15-12-24-18-8-3-2-7-17(15)18/h2-9,12-13,19,24H,10H2,1H3,(H,25,28)(H,26,30)/t13-,19-/m0/s1. The molecule has 2 heterocycles. The Morgan fingerprint density at radius 3 is 2.83 bits per heavy atom. The number of H-pyrrole nitrogens is 1. The zero-order valence-corrected chi connectivity index (χ0v) is 16.2. The lowest BCUT2D eigenvalue weighted by Crippen LogP contribution is -2.46. The summed E-state index contributed by atoms with van der Waals surface area (Å²) >= 11 is 0. The average Bonchev–Trinajstić information content (AvgIpc) is 3.28. The van der Waals surface area contributed by atoms with E-state index in [1.807, 2.05) is 36.5 Å². The number of aromatic nitrogens is 1. The molecule has 3 aromatic rings. The Labute approximate surface area is 172 Å². The number of anilines is 1. The van der Waals surface area contributed by atoms with Crippen LogP contribution in [0.25, 0.3) is 10.9 Å². The first-order chi connectivity index (χ1) is 14.5. The fourth-order valence-electron chi connectivity index (χ4n) is 3.60. The Balaban J connectivity index is 1.47. The third-order valence-corrected chi connectivity index (χ3v) is 5.18. The van der Waals surface area contributed by atoms with Crippen LogP contribution in [0, 0.1) is 11.3 Å². The summed E-state index contributed by atoms with van der Waals surface area (Å²) in [5.41, 5.74) is 2.69. The Morgan fingerprint density at radius 2 is 2.03 bits per heavy atom. The van der Waals surface area contributed by atoms with E-state index < -0.39 is 29.9 Å². The van der Waals surface area contributed by atoms with Crippen LogP contribution in [-0.4, -0.2) is 39.8 Å². The average molecular weight is 401 g/mol. The Hall–Kier alpha value is -4.12. The topological polar surface area (TPSA) is 118 Å². The molecule has 2 atom stereocenters. The number of hydrogen-bond donors (Lipinski definition) is 3. The Morgan fingerprint density at radius 1 is 1.23 bits per heavy atom. The molecular formula is C22H19N5O3. The van der Waals surface area contributed by atoms with Crippen LogP contribution >= 0.6 is 0 Å². The van der Waals surface area contributed by atoms with Gasteiger partial charge in [0, 0.05) is 29.2 Å². The maximum atomic E-state index is 12.9. The van der Waals surface area contributed by atoms with Crippen molar-refractivity contribution in [2.24, 2.45) is 0 Å². The van der Waals surface area contributed by atoms with Gasteiger partial charge in [-0.25, -0.2) is 4.79 Å². The summed E-state index contributed by atoms with van der Waals surface area (Å²) in [5.74, 6) is -0.958. The Kier molecular flexibility index (Phi) is 4.94. The van der Waals surface area contributed by atoms with Crippen molar-refractivity contribution in [3.05, 3.63) is 65.9 Å². The molecule has 1 aliphatic heterocycles. The van der Waals surface area contributed by atoms with Crippen LogP contribution < -0.4 is 10.6 Å². The van der Waals surface area contributed by atoms with Crippen molar-refractivity contribution in [1.29, 1.82) is 5.26 Å². The number of aromatic amines is 1. The van der Waals surface area contributed by atoms with Crippen LogP contribution in [0.2, 0.25) is 0 Å². The van der Waals surface area contributed by atoms with Gasteiger partial charge in [0.25, 0.3) is 5.91 Å². The number of para-hydroxylation sites is 1. The molecule has 0 bridgehead atoms. The summed E-state index contributed by atoms with van der Waals surface area (Å²) in [5, 5.41) is 15.3. The number of nitriles is 1. The van der Waals surface area contributed by atoms with E-state index in [0.29, 0.717) is 17.7 Å². The predicted molar refractivity (Wildman–Crippen MR) is 110 cm³/mol. The van der Waals surface area contributed by atoms with Crippen molar-refractivity contribution < 1.29 is 14.4 Å². The molecule has 8 heteroatoms. The summed E-state index contributed by atoms with van der Waals surface area (Å²) in [7, 11) is 0. The van der Waals surface area contributed by atoms with E-state index in [1.165, 1.54) is 13.0 Å². The van der Waals surface area contributed by atoms with Gasteiger partial charge in [0.05, 0.1) is 11.6 Å². The van der Waals surface area contributed by atoms with Crippen molar-refractivity contribution in [3.63, 3.8) is 0 Å². The van der Waals surface area contributed by atoms with Crippen molar-refractivity contribution >= 4 is 34.4 Å². The molecule has 4 amide bonds. The molecule has 0 radical (unpaired) electrons. The minimum atomic E-state index is -1.00. The highest BCUT2D eigenvalue weighted by atomic mass is 16.2. The number of benzene rings is 2. The molecule has 0 spiro atoms. The van der Waals surface area contributed by atoms with E-state index in [-0.39, 0.29) is 0 Å². The first kappa shape index (κ1) is 19.2. The van der Waals surface area contributed by atoms with Crippen LogP contribution in [0.15, 0.2) is 54.7 Å². The predicted octanol–water partition coefficient (Wildman–Crippen LogP) is 2.53. The van der Waals surface area contributed by atoms with Gasteiger partial charge in [0.15, 0.2) is 0 Å². The highest BCUT2D eigenvalue weighted by molar-refractivity contribution is 6.09. The maximum absolute atomic E-state index is 12.9. The second kappa shape index (κ2) is 7.72. The number of imide groups is 1. The van der Waals surface area contributed by atoms with E-state index >= 15 is 0 Å². The SMILES string of the molecule is C[C@@H](C(=O)Nc1cccc(C#N)c1)N1C(=O)N[C@@H](Cc2c[nH]c3ccccc23)C1=O. The summed E-state index contributed by atoms with van der Waals surface area (Å²) in [4.78, 5) is 42.1. The molecule has 8 nitrogen and oxygen atoms in total. The highest BCUT2D eigenvalue weighted by Gasteiger charge is 2.43. The smallest absolute Gasteiger partial charge is 0.325 e. The number of nitrogens with zero attached hydrogens (tertiary/aromatic N) is 2. The first-order valence-corrected chi connectivity index (χ1v) is 9.47. The van der Waals surface area contributed by atoms with Gasteiger partial charge in [-0.05, 0) is 36.8 Å². The quantitative estimate of drug-likeness (QED) is 0.569. The molecule has 1 fully saturated rings. The summed E-state index contributed by atoms with van der Waals surface area (Å²) in [6.45, 7) is 1.50. The van der Waals surface area contributed by atoms with Crippen molar-refractivity contribution in [2.45, 2.75) is 25.4 Å². The molecule has 2 aromatic carbocycles. The molecule has 0 saturated carbocycles. The zero-order valence-electron chi connectivity index (χ0n) is 16.2. The number of carbonyl (C=O) groups is 3. The first-order valence-electron chi connectivity index (χ1n) is 9.47. The van der Waals surface area contributed by atoms with Crippen LogP contribution in [0.1, 0.15) is 18.1 Å². The third-order valence-electron chi connectivity index (χ3n) is 5.18. The van der Waals surface area contributed by atoms with E-state index in [2.05, 4.69) is 15.6 Å². The molecule has 1 aliphatic rings. The number of hydrogen-bond acceptors (Lipinski definition) is 4. The number of rotatable bonds is 5. The fraction of sp³-hybridized carbons (Fsp3) is 0.182. The molecule has 0 aliphatic carbocycles. The molecule has 150 valence electrons. The van der Waals surface area contributed by atoms with Crippen LogP contribution in [0.3, 0.4) is 0 Å². The minimum absolute atomic E-state index is 0.323. The van der Waals surface area contributed by atoms with E-state index in [4.69, 9.17) is 5.26 Å². The summed E-state index contributed by atoms with van der Waals surface area (Å²) < 4.78 is 0. The van der Waals surface area contributed by atoms with Crippen LogP contribution in [0.5, 0.6) is 0 Å². The molecule has 1 saturated heterocycles. The van der Waals surface area contributed by atoms with Gasteiger partial charge in [-0.15, -0.1) is 0 Å². The van der Waals surface area contributed by atoms with Crippen molar-refractivity contribution in [2.75, 3.05) is 5.32 Å². The maximum Gasteiger partial charge on any atom is 0.325 e. The van der Waals surface area contributed by atoms with Crippen LogP contribution in [-0.2, 0) is 16.0 Å². The molecule has 4 rings (SSSR count). The van der Waals surface area contributed by atoms with Crippen LogP contribution in [0.4, 0.5) is 10.5 Å². The summed E-state index contributed by atoms with van der Waals surface area (Å²) in [6.07, 6.45) is 2.15. The number of carbonyl (C=O) groups excluding carboxylic acids is 3. The largest absolute Gasteiger partial charge is 0.361 e. The Bertz CT molecular complexity index is 1190.